The Bertz CT molecular complexity index is 1130. The monoisotopic (exact) mass is 365 g/mol. The van der Waals surface area contributed by atoms with Crippen LogP contribution in [0.4, 0.5) is 5.13 Å². The number of benzene rings is 1. The van der Waals surface area contributed by atoms with Crippen molar-refractivity contribution in [1.29, 1.82) is 0 Å². The molecule has 0 unspecified atom stereocenters. The van der Waals surface area contributed by atoms with E-state index in [2.05, 4.69) is 22.2 Å². The standard InChI is InChI=1S/C19H19N5OS/c1-3-14-11(2)24-8-4-5-13(17(24)22-14)18(25)21-10-12-6-7-15-16(9-12)26-19(20)23-15/h4-9H,3,10H2,1-2H3,(H2,20,23)(H,21,25). The molecule has 0 aliphatic rings. The highest BCUT2D eigenvalue weighted by molar-refractivity contribution is 7.22. The lowest BCUT2D eigenvalue weighted by molar-refractivity contribution is 0.0952. The summed E-state index contributed by atoms with van der Waals surface area (Å²) < 4.78 is 2.99. The van der Waals surface area contributed by atoms with E-state index < -0.39 is 0 Å². The summed E-state index contributed by atoms with van der Waals surface area (Å²) in [6.45, 7) is 4.53. The summed E-state index contributed by atoms with van der Waals surface area (Å²) in [5.74, 6) is -0.132. The molecule has 0 atom stereocenters. The number of nitrogens with two attached hydrogens (primary N) is 1. The minimum absolute atomic E-state index is 0.132. The molecule has 6 nitrogen and oxygen atoms in total. The summed E-state index contributed by atoms with van der Waals surface area (Å²) in [5.41, 5.74) is 11.0. The summed E-state index contributed by atoms with van der Waals surface area (Å²) in [5, 5.41) is 3.54. The highest BCUT2D eigenvalue weighted by atomic mass is 32.1. The number of aryl methyl sites for hydroxylation is 2. The Kier molecular flexibility index (Phi) is 4.08. The van der Waals surface area contributed by atoms with Crippen molar-refractivity contribution in [2.75, 3.05) is 5.73 Å². The van der Waals surface area contributed by atoms with Crippen molar-refractivity contribution >= 4 is 38.2 Å². The number of nitrogens with zero attached hydrogens (tertiary/aromatic N) is 3. The second-order valence-electron chi connectivity index (χ2n) is 6.15. The Labute approximate surface area is 154 Å². The van der Waals surface area contributed by atoms with Crippen LogP contribution in [0.1, 0.15) is 34.2 Å². The number of rotatable bonds is 4. The number of imidazole rings is 1. The van der Waals surface area contributed by atoms with E-state index in [4.69, 9.17) is 5.73 Å². The number of anilines is 1. The molecule has 0 bridgehead atoms. The van der Waals surface area contributed by atoms with Crippen LogP contribution in [-0.4, -0.2) is 20.3 Å². The number of hydrogen-bond donors (Lipinski definition) is 2. The van der Waals surface area contributed by atoms with Gasteiger partial charge in [0.25, 0.3) is 5.91 Å². The molecule has 0 aliphatic heterocycles. The highest BCUT2D eigenvalue weighted by Gasteiger charge is 2.15. The van der Waals surface area contributed by atoms with E-state index in [-0.39, 0.29) is 5.91 Å². The van der Waals surface area contributed by atoms with Crippen LogP contribution in [0.25, 0.3) is 15.9 Å². The van der Waals surface area contributed by atoms with E-state index in [1.165, 1.54) is 11.3 Å². The van der Waals surface area contributed by atoms with Crippen LogP contribution in [0, 0.1) is 6.92 Å². The quantitative estimate of drug-likeness (QED) is 0.581. The van der Waals surface area contributed by atoms with E-state index in [0.29, 0.717) is 22.9 Å². The molecular weight excluding hydrogens is 346 g/mol. The minimum Gasteiger partial charge on any atom is -0.375 e. The molecule has 7 heteroatoms. The normalized spacial score (nSPS) is 11.3. The van der Waals surface area contributed by atoms with Crippen LogP contribution in [0.2, 0.25) is 0 Å². The van der Waals surface area contributed by atoms with Gasteiger partial charge in [0.1, 0.15) is 5.65 Å². The Morgan fingerprint density at radius 2 is 2.15 bits per heavy atom. The van der Waals surface area contributed by atoms with Gasteiger partial charge in [0.15, 0.2) is 5.13 Å². The molecule has 0 fully saturated rings. The van der Waals surface area contributed by atoms with Crippen molar-refractivity contribution in [3.8, 4) is 0 Å². The summed E-state index contributed by atoms with van der Waals surface area (Å²) in [4.78, 5) is 21.6. The summed E-state index contributed by atoms with van der Waals surface area (Å²) >= 11 is 1.45. The zero-order valence-electron chi connectivity index (χ0n) is 14.6. The van der Waals surface area contributed by atoms with Crippen LogP contribution < -0.4 is 11.1 Å². The molecule has 4 rings (SSSR count). The van der Waals surface area contributed by atoms with E-state index >= 15 is 0 Å². The van der Waals surface area contributed by atoms with Gasteiger partial charge in [0, 0.05) is 18.4 Å². The lowest BCUT2D eigenvalue weighted by Crippen LogP contribution is -2.23. The predicted molar refractivity (Wildman–Crippen MR) is 105 cm³/mol. The number of carbonyl (C=O) groups excluding carboxylic acids is 1. The van der Waals surface area contributed by atoms with Crippen LogP contribution in [-0.2, 0) is 13.0 Å². The average Bonchev–Trinajstić information content (AvgIpc) is 3.18. The number of nitrogens with one attached hydrogen (secondary N) is 1. The summed E-state index contributed by atoms with van der Waals surface area (Å²) in [7, 11) is 0. The molecule has 0 aliphatic carbocycles. The molecule has 0 spiro atoms. The van der Waals surface area contributed by atoms with Gasteiger partial charge in [-0.25, -0.2) is 9.97 Å². The van der Waals surface area contributed by atoms with Gasteiger partial charge in [-0.15, -0.1) is 0 Å². The lowest BCUT2D eigenvalue weighted by Gasteiger charge is -2.07. The topological polar surface area (TPSA) is 85.3 Å². The first kappa shape index (κ1) is 16.5. The summed E-state index contributed by atoms with van der Waals surface area (Å²) in [6.07, 6.45) is 2.78. The molecule has 1 aromatic carbocycles. The molecule has 0 radical (unpaired) electrons. The van der Waals surface area contributed by atoms with Crippen molar-refractivity contribution in [3.63, 3.8) is 0 Å². The Morgan fingerprint density at radius 1 is 1.31 bits per heavy atom. The second kappa shape index (κ2) is 6.42. The van der Waals surface area contributed by atoms with Crippen molar-refractivity contribution < 1.29 is 4.79 Å². The Balaban J connectivity index is 1.58. The number of hydrogen-bond acceptors (Lipinski definition) is 5. The van der Waals surface area contributed by atoms with Gasteiger partial charge in [-0.3, -0.25) is 4.79 Å². The lowest BCUT2D eigenvalue weighted by atomic mass is 10.2. The van der Waals surface area contributed by atoms with Crippen LogP contribution >= 0.6 is 11.3 Å². The third-order valence-corrected chi connectivity index (χ3v) is 5.34. The van der Waals surface area contributed by atoms with Gasteiger partial charge in [0.2, 0.25) is 0 Å². The van der Waals surface area contributed by atoms with Crippen molar-refractivity contribution in [2.24, 2.45) is 0 Å². The van der Waals surface area contributed by atoms with E-state index in [1.54, 1.807) is 0 Å². The number of nitrogen functional groups attached to an aromatic ring is 1. The minimum atomic E-state index is -0.132. The maximum Gasteiger partial charge on any atom is 0.255 e. The number of thiazole rings is 1. The number of aromatic nitrogens is 3. The molecule has 3 N–H and O–H groups in total. The number of pyridine rings is 1. The average molecular weight is 365 g/mol. The molecule has 132 valence electrons. The van der Waals surface area contributed by atoms with Crippen molar-refractivity contribution in [2.45, 2.75) is 26.8 Å². The van der Waals surface area contributed by atoms with Crippen LogP contribution in [0.3, 0.4) is 0 Å². The fourth-order valence-corrected chi connectivity index (χ4v) is 3.92. The fraction of sp³-hybridized carbons (Fsp3) is 0.211. The van der Waals surface area contributed by atoms with Gasteiger partial charge >= 0.3 is 0 Å². The number of amides is 1. The van der Waals surface area contributed by atoms with Crippen LogP contribution in [0.5, 0.6) is 0 Å². The largest absolute Gasteiger partial charge is 0.375 e. The number of carbonyl (C=O) groups is 1. The predicted octanol–water partition coefficient (Wildman–Crippen LogP) is 3.33. The second-order valence-corrected chi connectivity index (χ2v) is 7.21. The smallest absolute Gasteiger partial charge is 0.255 e. The highest BCUT2D eigenvalue weighted by Crippen LogP contribution is 2.24. The molecule has 1 amide bonds. The van der Waals surface area contributed by atoms with Gasteiger partial charge in [0.05, 0.1) is 21.5 Å². The molecule has 0 saturated carbocycles. The molecular formula is C19H19N5OS. The first-order valence-electron chi connectivity index (χ1n) is 8.46. The molecule has 4 aromatic rings. The van der Waals surface area contributed by atoms with Crippen molar-refractivity contribution in [3.05, 3.63) is 59.0 Å². The third-order valence-electron chi connectivity index (χ3n) is 4.49. The fourth-order valence-electron chi connectivity index (χ4n) is 3.12. The van der Waals surface area contributed by atoms with E-state index in [9.17, 15) is 4.79 Å². The zero-order valence-corrected chi connectivity index (χ0v) is 15.4. The van der Waals surface area contributed by atoms with E-state index in [1.807, 2.05) is 47.9 Å². The first-order valence-corrected chi connectivity index (χ1v) is 9.28. The zero-order chi connectivity index (χ0) is 18.3. The number of fused-ring (bicyclic) bond motifs is 2. The molecule has 3 aromatic heterocycles. The van der Waals surface area contributed by atoms with Gasteiger partial charge in [-0.2, -0.15) is 0 Å². The maximum atomic E-state index is 12.7. The van der Waals surface area contributed by atoms with Gasteiger partial charge in [-0.05, 0) is 43.2 Å². The van der Waals surface area contributed by atoms with E-state index in [0.717, 1.165) is 33.6 Å². The molecule has 26 heavy (non-hydrogen) atoms. The maximum absolute atomic E-state index is 12.7. The SMILES string of the molecule is CCc1nc2c(C(=O)NCc3ccc4nc(N)sc4c3)cccn2c1C. The summed E-state index contributed by atoms with van der Waals surface area (Å²) in [6, 6.07) is 9.58. The van der Waals surface area contributed by atoms with Crippen LogP contribution in [0.15, 0.2) is 36.5 Å². The first-order chi connectivity index (χ1) is 12.6. The Morgan fingerprint density at radius 3 is 2.96 bits per heavy atom. The molecule has 0 saturated heterocycles. The molecule has 3 heterocycles. The Hall–Kier alpha value is -2.93. The van der Waals surface area contributed by atoms with Crippen molar-refractivity contribution in [1.82, 2.24) is 19.7 Å². The van der Waals surface area contributed by atoms with Gasteiger partial charge in [-0.1, -0.05) is 24.3 Å². The van der Waals surface area contributed by atoms with Gasteiger partial charge < -0.3 is 15.5 Å². The third kappa shape index (κ3) is 2.80.